The first-order chi connectivity index (χ1) is 11.0. The smallest absolute Gasteiger partial charge is 0.228 e. The van der Waals surface area contributed by atoms with Crippen LogP contribution in [0.15, 0.2) is 22.7 Å². The van der Waals surface area contributed by atoms with Crippen LogP contribution < -0.4 is 4.90 Å². The molecule has 1 aromatic carbocycles. The zero-order valence-electron chi connectivity index (χ0n) is 13.7. The molecule has 1 atom stereocenters. The Hall–Kier alpha value is -1.36. The van der Waals surface area contributed by atoms with Gasteiger partial charge < -0.3 is 9.80 Å². The number of carbonyl (C=O) groups is 2. The fraction of sp³-hybridized carbons (Fsp3) is 0.556. The maximum atomic E-state index is 12.7. The second-order valence-electron chi connectivity index (χ2n) is 6.87. The minimum atomic E-state index is -0.205. The van der Waals surface area contributed by atoms with Crippen LogP contribution in [0.2, 0.25) is 0 Å². The molecule has 2 amide bonds. The number of hydrogen-bond acceptors (Lipinski definition) is 2. The number of aryl methyl sites for hydroxylation is 1. The number of carbonyl (C=O) groups excluding carboxylic acids is 2. The molecule has 3 rings (SSSR count). The average Bonchev–Trinajstić information content (AvgIpc) is 2.89. The summed E-state index contributed by atoms with van der Waals surface area (Å²) in [4.78, 5) is 28.8. The van der Waals surface area contributed by atoms with Gasteiger partial charge in [-0.15, -0.1) is 0 Å². The van der Waals surface area contributed by atoms with Crippen LogP contribution in [-0.4, -0.2) is 36.3 Å². The van der Waals surface area contributed by atoms with Gasteiger partial charge in [0.15, 0.2) is 0 Å². The van der Waals surface area contributed by atoms with Gasteiger partial charge in [0.05, 0.1) is 11.6 Å². The molecule has 0 N–H and O–H groups in total. The third kappa shape index (κ3) is 3.44. The van der Waals surface area contributed by atoms with Crippen LogP contribution in [0.5, 0.6) is 0 Å². The van der Waals surface area contributed by atoms with Crippen molar-refractivity contribution in [3.8, 4) is 0 Å². The number of rotatable bonds is 2. The fourth-order valence-electron chi connectivity index (χ4n) is 3.42. The summed E-state index contributed by atoms with van der Waals surface area (Å²) in [7, 11) is 0. The predicted octanol–water partition coefficient (Wildman–Crippen LogP) is 3.37. The van der Waals surface area contributed by atoms with Gasteiger partial charge >= 0.3 is 0 Å². The summed E-state index contributed by atoms with van der Waals surface area (Å²) >= 11 is 3.54. The standard InChI is InChI=1S/C18H23BrN2O2/c1-12-5-7-20(8-6-12)18(23)14-10-17(22)21(11-14)16-4-3-13(2)9-15(16)19/h3-4,9,12,14H,5-8,10-11H2,1-2H3. The highest BCUT2D eigenvalue weighted by Crippen LogP contribution is 2.33. The molecule has 0 saturated carbocycles. The van der Waals surface area contributed by atoms with Crippen molar-refractivity contribution in [3.63, 3.8) is 0 Å². The van der Waals surface area contributed by atoms with Crippen LogP contribution in [-0.2, 0) is 9.59 Å². The van der Waals surface area contributed by atoms with Crippen molar-refractivity contribution in [1.82, 2.24) is 4.90 Å². The van der Waals surface area contributed by atoms with Gasteiger partial charge in [-0.25, -0.2) is 0 Å². The highest BCUT2D eigenvalue weighted by Gasteiger charge is 2.38. The Morgan fingerprint density at radius 2 is 1.96 bits per heavy atom. The third-order valence-electron chi connectivity index (χ3n) is 4.96. The Balaban J connectivity index is 1.71. The van der Waals surface area contributed by atoms with Crippen molar-refractivity contribution in [1.29, 1.82) is 0 Å². The van der Waals surface area contributed by atoms with Crippen molar-refractivity contribution >= 4 is 33.4 Å². The van der Waals surface area contributed by atoms with Gasteiger partial charge in [0.25, 0.3) is 0 Å². The molecule has 2 fully saturated rings. The third-order valence-corrected chi connectivity index (χ3v) is 5.60. The van der Waals surface area contributed by atoms with Crippen molar-refractivity contribution in [2.45, 2.75) is 33.1 Å². The Kier molecular flexibility index (Phi) is 4.76. The number of amides is 2. The lowest BCUT2D eigenvalue weighted by atomic mass is 9.97. The van der Waals surface area contributed by atoms with E-state index in [1.54, 1.807) is 4.90 Å². The van der Waals surface area contributed by atoms with Gasteiger partial charge in [-0.1, -0.05) is 13.0 Å². The van der Waals surface area contributed by atoms with Crippen LogP contribution in [0.4, 0.5) is 5.69 Å². The maximum Gasteiger partial charge on any atom is 0.228 e. The highest BCUT2D eigenvalue weighted by molar-refractivity contribution is 9.10. The van der Waals surface area contributed by atoms with E-state index in [1.165, 1.54) is 0 Å². The Labute approximate surface area is 146 Å². The monoisotopic (exact) mass is 378 g/mol. The van der Waals surface area contributed by atoms with Crippen molar-refractivity contribution in [2.24, 2.45) is 11.8 Å². The zero-order valence-corrected chi connectivity index (χ0v) is 15.3. The molecule has 23 heavy (non-hydrogen) atoms. The van der Waals surface area contributed by atoms with E-state index >= 15 is 0 Å². The molecule has 5 heteroatoms. The van der Waals surface area contributed by atoms with Crippen molar-refractivity contribution in [2.75, 3.05) is 24.5 Å². The van der Waals surface area contributed by atoms with E-state index in [2.05, 4.69) is 22.9 Å². The average molecular weight is 379 g/mol. The van der Waals surface area contributed by atoms with Gasteiger partial charge in [0.1, 0.15) is 0 Å². The number of halogens is 1. The number of piperidine rings is 1. The minimum absolute atomic E-state index is 0.0401. The summed E-state index contributed by atoms with van der Waals surface area (Å²) in [6.07, 6.45) is 2.46. The van der Waals surface area contributed by atoms with Crippen LogP contribution in [0.25, 0.3) is 0 Å². The largest absolute Gasteiger partial charge is 0.342 e. The van der Waals surface area contributed by atoms with Crippen LogP contribution in [0, 0.1) is 18.8 Å². The van der Waals surface area contributed by atoms with E-state index in [0.29, 0.717) is 18.9 Å². The Morgan fingerprint density at radius 3 is 2.61 bits per heavy atom. The summed E-state index contributed by atoms with van der Waals surface area (Å²) in [5, 5.41) is 0. The molecule has 2 saturated heterocycles. The van der Waals surface area contributed by atoms with E-state index in [-0.39, 0.29) is 17.7 Å². The SMILES string of the molecule is Cc1ccc(N2CC(C(=O)N3CCC(C)CC3)CC2=O)c(Br)c1. The molecule has 0 aromatic heterocycles. The number of hydrogen-bond donors (Lipinski definition) is 0. The lowest BCUT2D eigenvalue weighted by molar-refractivity contribution is -0.137. The maximum absolute atomic E-state index is 12.7. The molecular weight excluding hydrogens is 356 g/mol. The molecule has 2 aliphatic rings. The molecule has 4 nitrogen and oxygen atoms in total. The van der Waals surface area contributed by atoms with Crippen LogP contribution >= 0.6 is 15.9 Å². The summed E-state index contributed by atoms with van der Waals surface area (Å²) in [6, 6.07) is 5.95. The lowest BCUT2D eigenvalue weighted by Gasteiger charge is -2.32. The molecule has 1 aromatic rings. The van der Waals surface area contributed by atoms with E-state index < -0.39 is 0 Å². The highest BCUT2D eigenvalue weighted by atomic mass is 79.9. The normalized spacial score (nSPS) is 22.7. The predicted molar refractivity (Wildman–Crippen MR) is 94.3 cm³/mol. The summed E-state index contributed by atoms with van der Waals surface area (Å²) in [6.45, 7) is 6.41. The van der Waals surface area contributed by atoms with Crippen molar-refractivity contribution in [3.05, 3.63) is 28.2 Å². The Morgan fingerprint density at radius 1 is 1.26 bits per heavy atom. The quantitative estimate of drug-likeness (QED) is 0.791. The van der Waals surface area contributed by atoms with Crippen molar-refractivity contribution < 1.29 is 9.59 Å². The number of nitrogens with zero attached hydrogens (tertiary/aromatic N) is 2. The molecule has 2 aliphatic heterocycles. The van der Waals surface area contributed by atoms with Crippen LogP contribution in [0.3, 0.4) is 0 Å². The molecule has 2 heterocycles. The van der Waals surface area contributed by atoms with Gasteiger partial charge in [-0.05, 0) is 59.3 Å². The van der Waals surface area contributed by atoms with E-state index in [4.69, 9.17) is 0 Å². The summed E-state index contributed by atoms with van der Waals surface area (Å²) < 4.78 is 0.908. The first kappa shape index (κ1) is 16.5. The van der Waals surface area contributed by atoms with Crippen LogP contribution in [0.1, 0.15) is 31.7 Å². The number of benzene rings is 1. The number of anilines is 1. The zero-order chi connectivity index (χ0) is 16.6. The van der Waals surface area contributed by atoms with Gasteiger partial charge in [0.2, 0.25) is 11.8 Å². The first-order valence-corrected chi connectivity index (χ1v) is 9.10. The van der Waals surface area contributed by atoms with E-state index in [1.807, 2.05) is 30.0 Å². The molecule has 0 bridgehead atoms. The molecule has 0 aliphatic carbocycles. The van der Waals surface area contributed by atoms with Gasteiger partial charge in [-0.3, -0.25) is 9.59 Å². The minimum Gasteiger partial charge on any atom is -0.342 e. The van der Waals surface area contributed by atoms with E-state index in [9.17, 15) is 9.59 Å². The Bertz CT molecular complexity index is 623. The van der Waals surface area contributed by atoms with E-state index in [0.717, 1.165) is 41.7 Å². The summed E-state index contributed by atoms with van der Waals surface area (Å²) in [5.41, 5.74) is 2.01. The summed E-state index contributed by atoms with van der Waals surface area (Å²) in [5.74, 6) is 0.683. The second-order valence-corrected chi connectivity index (χ2v) is 7.72. The second kappa shape index (κ2) is 6.63. The molecule has 0 spiro atoms. The molecule has 1 unspecified atom stereocenters. The molecular formula is C18H23BrN2O2. The molecule has 0 radical (unpaired) electrons. The first-order valence-electron chi connectivity index (χ1n) is 8.31. The lowest BCUT2D eigenvalue weighted by Crippen LogP contribution is -2.42. The fourth-order valence-corrected chi connectivity index (χ4v) is 4.13. The topological polar surface area (TPSA) is 40.6 Å². The van der Waals surface area contributed by atoms with Gasteiger partial charge in [0, 0.05) is 30.5 Å². The number of likely N-dealkylation sites (tertiary alicyclic amines) is 1. The van der Waals surface area contributed by atoms with Gasteiger partial charge in [-0.2, -0.15) is 0 Å². The molecule has 124 valence electrons.